The van der Waals surface area contributed by atoms with E-state index in [-0.39, 0.29) is 11.3 Å². The van der Waals surface area contributed by atoms with E-state index in [0.29, 0.717) is 29.4 Å². The van der Waals surface area contributed by atoms with Gasteiger partial charge in [-0.05, 0) is 91.9 Å². The molecule has 162 valence electrons. The Labute approximate surface area is 181 Å². The Bertz CT molecular complexity index is 853. The Hall–Kier alpha value is -1.63. The van der Waals surface area contributed by atoms with Gasteiger partial charge in [0.15, 0.2) is 11.5 Å². The summed E-state index contributed by atoms with van der Waals surface area (Å²) in [5.41, 5.74) is 1.11. The zero-order valence-corrected chi connectivity index (χ0v) is 18.8. The van der Waals surface area contributed by atoms with Crippen LogP contribution in [0.1, 0.15) is 90.2 Å². The van der Waals surface area contributed by atoms with Crippen molar-refractivity contribution in [2.24, 2.45) is 40.4 Å². The number of Topliss-reactive ketones (excluding diaryl/α,β-unsaturated/α-hetero) is 1. The lowest BCUT2D eigenvalue weighted by Gasteiger charge is -2.63. The summed E-state index contributed by atoms with van der Waals surface area (Å²) in [6.45, 7) is 5.41. The summed E-state index contributed by atoms with van der Waals surface area (Å²) in [7, 11) is 0. The second kappa shape index (κ2) is 7.50. The fraction of sp³-hybridized carbons (Fsp3) is 0.808. The highest BCUT2D eigenvalue weighted by Crippen LogP contribution is 2.66. The molecule has 3 unspecified atom stereocenters. The monoisotopic (exact) mass is 407 g/mol. The van der Waals surface area contributed by atoms with Crippen LogP contribution in [-0.4, -0.2) is 15.6 Å². The van der Waals surface area contributed by atoms with Gasteiger partial charge in [0, 0.05) is 12.1 Å². The van der Waals surface area contributed by atoms with E-state index in [0.717, 1.165) is 24.2 Å². The van der Waals surface area contributed by atoms with Crippen molar-refractivity contribution in [3.05, 3.63) is 18.0 Å². The van der Waals surface area contributed by atoms with Crippen molar-refractivity contribution in [1.82, 2.24) is 9.78 Å². The molecular formula is C26H37N3O. The minimum atomic E-state index is 0.152. The maximum Gasteiger partial charge on any atom is 0.162 e. The van der Waals surface area contributed by atoms with Gasteiger partial charge in [0.25, 0.3) is 0 Å². The Morgan fingerprint density at radius 2 is 1.90 bits per heavy atom. The van der Waals surface area contributed by atoms with Gasteiger partial charge in [-0.3, -0.25) is 9.48 Å². The van der Waals surface area contributed by atoms with Gasteiger partial charge in [-0.25, -0.2) is 0 Å². The van der Waals surface area contributed by atoms with Crippen LogP contribution in [0.5, 0.6) is 0 Å². The summed E-state index contributed by atoms with van der Waals surface area (Å²) in [5, 5.41) is 13.3. The van der Waals surface area contributed by atoms with Crippen LogP contribution >= 0.6 is 0 Å². The smallest absolute Gasteiger partial charge is 0.162 e. The summed E-state index contributed by atoms with van der Waals surface area (Å²) in [6, 6.07) is 3.77. The molecule has 7 atom stereocenters. The molecule has 1 heterocycles. The van der Waals surface area contributed by atoms with E-state index in [2.05, 4.69) is 25.0 Å². The first-order chi connectivity index (χ1) is 14.5. The van der Waals surface area contributed by atoms with E-state index in [9.17, 15) is 4.79 Å². The number of nitrogens with zero attached hydrogens (tertiary/aromatic N) is 3. The summed E-state index contributed by atoms with van der Waals surface area (Å²) in [6.07, 6.45) is 16.5. The van der Waals surface area contributed by atoms with Crippen LogP contribution in [-0.2, 0) is 11.3 Å². The Morgan fingerprint density at radius 1 is 1.07 bits per heavy atom. The van der Waals surface area contributed by atoms with Gasteiger partial charge in [0.1, 0.15) is 6.07 Å². The Morgan fingerprint density at radius 3 is 2.70 bits per heavy atom. The van der Waals surface area contributed by atoms with E-state index in [4.69, 9.17) is 5.26 Å². The first-order valence-electron chi connectivity index (χ1n) is 12.4. The standard InChI is InChI=1S/C26H37N3O/c1-25-13-4-3-6-18(25)9-10-20-21-7-5-8-23(26(21,2)14-11-22(20)25)24(30)17-29-15-12-19(16-27)28-29/h12,15,18,20-23H,3-11,13-14,17H2,1-2H3/t18?,20-,21?,22?,23+,25-,26-/m0/s1. The molecule has 0 spiro atoms. The molecule has 0 aliphatic heterocycles. The first kappa shape index (κ1) is 20.3. The molecule has 0 bridgehead atoms. The van der Waals surface area contributed by atoms with E-state index in [1.54, 1.807) is 16.9 Å². The quantitative estimate of drug-likeness (QED) is 0.640. The molecule has 4 saturated carbocycles. The van der Waals surface area contributed by atoms with Crippen molar-refractivity contribution < 1.29 is 4.79 Å². The molecule has 0 aromatic carbocycles. The molecule has 0 saturated heterocycles. The number of hydrogen-bond acceptors (Lipinski definition) is 3. The molecule has 1 aromatic heterocycles. The molecule has 4 fully saturated rings. The molecule has 0 amide bonds. The maximum atomic E-state index is 13.4. The van der Waals surface area contributed by atoms with Crippen molar-refractivity contribution in [1.29, 1.82) is 5.26 Å². The molecule has 4 heteroatoms. The molecule has 4 nitrogen and oxygen atoms in total. The number of fused-ring (bicyclic) bond motifs is 5. The fourth-order valence-electron chi connectivity index (χ4n) is 8.80. The summed E-state index contributed by atoms with van der Waals surface area (Å²) in [4.78, 5) is 13.4. The van der Waals surface area contributed by atoms with Gasteiger partial charge in [0.2, 0.25) is 0 Å². The van der Waals surface area contributed by atoms with Crippen LogP contribution in [0.3, 0.4) is 0 Å². The molecule has 5 rings (SSSR count). The second-order valence-corrected chi connectivity index (χ2v) is 11.4. The average molecular weight is 408 g/mol. The zero-order chi connectivity index (χ0) is 20.9. The average Bonchev–Trinajstić information content (AvgIpc) is 3.19. The van der Waals surface area contributed by atoms with Crippen LogP contribution in [0.2, 0.25) is 0 Å². The highest BCUT2D eigenvalue weighted by atomic mass is 16.1. The topological polar surface area (TPSA) is 58.7 Å². The van der Waals surface area contributed by atoms with E-state index < -0.39 is 0 Å². The Kier molecular flexibility index (Phi) is 5.07. The minimum Gasteiger partial charge on any atom is -0.297 e. The third-order valence-corrected chi connectivity index (χ3v) is 10.3. The number of rotatable bonds is 3. The molecule has 4 aliphatic carbocycles. The zero-order valence-electron chi connectivity index (χ0n) is 18.8. The summed E-state index contributed by atoms with van der Waals surface area (Å²) < 4.78 is 1.67. The predicted molar refractivity (Wildman–Crippen MR) is 116 cm³/mol. The molecule has 30 heavy (non-hydrogen) atoms. The maximum absolute atomic E-state index is 13.4. The van der Waals surface area contributed by atoms with Gasteiger partial charge >= 0.3 is 0 Å². The normalized spacial score (nSPS) is 43.0. The van der Waals surface area contributed by atoms with Crippen molar-refractivity contribution >= 4 is 5.78 Å². The lowest BCUT2D eigenvalue weighted by molar-refractivity contribution is -0.155. The molecule has 1 aromatic rings. The van der Waals surface area contributed by atoms with Crippen LogP contribution < -0.4 is 0 Å². The third kappa shape index (κ3) is 3.07. The van der Waals surface area contributed by atoms with Crippen molar-refractivity contribution in [3.63, 3.8) is 0 Å². The second-order valence-electron chi connectivity index (χ2n) is 11.4. The van der Waals surface area contributed by atoms with Crippen molar-refractivity contribution in [2.45, 2.75) is 91.0 Å². The van der Waals surface area contributed by atoms with E-state index in [1.807, 2.05) is 0 Å². The molecule has 0 N–H and O–H groups in total. The number of ketones is 1. The SMILES string of the molecule is C[C@]12CCCCC1CC[C@@H]1C2CC[C@@]2(C)C1CCC[C@@H]2C(=O)Cn1ccc(C#N)n1. The number of carbonyl (C=O) groups is 1. The largest absolute Gasteiger partial charge is 0.297 e. The van der Waals surface area contributed by atoms with Crippen LogP contribution in [0.15, 0.2) is 12.3 Å². The van der Waals surface area contributed by atoms with E-state index in [1.165, 1.54) is 64.2 Å². The number of hydrogen-bond donors (Lipinski definition) is 0. The predicted octanol–water partition coefficient (Wildman–Crippen LogP) is 5.76. The highest BCUT2D eigenvalue weighted by Gasteiger charge is 2.59. The lowest BCUT2D eigenvalue weighted by Crippen LogP contribution is -2.56. The summed E-state index contributed by atoms with van der Waals surface area (Å²) >= 11 is 0. The third-order valence-electron chi connectivity index (χ3n) is 10.3. The molecule has 4 aliphatic rings. The van der Waals surface area contributed by atoms with Gasteiger partial charge in [-0.15, -0.1) is 0 Å². The van der Waals surface area contributed by atoms with Gasteiger partial charge in [-0.2, -0.15) is 10.4 Å². The Balaban J connectivity index is 1.37. The van der Waals surface area contributed by atoms with Crippen molar-refractivity contribution in [2.75, 3.05) is 0 Å². The van der Waals surface area contributed by atoms with Crippen molar-refractivity contribution in [3.8, 4) is 6.07 Å². The number of carbonyl (C=O) groups excluding carboxylic acids is 1. The lowest BCUT2D eigenvalue weighted by atomic mass is 9.41. The van der Waals surface area contributed by atoms with Gasteiger partial charge < -0.3 is 0 Å². The first-order valence-corrected chi connectivity index (χ1v) is 12.4. The molecular weight excluding hydrogens is 370 g/mol. The summed E-state index contributed by atoms with van der Waals surface area (Å²) in [5.74, 6) is 3.87. The molecule has 0 radical (unpaired) electrons. The van der Waals surface area contributed by atoms with E-state index >= 15 is 0 Å². The highest BCUT2D eigenvalue weighted by molar-refractivity contribution is 5.81. The number of nitriles is 1. The van der Waals surface area contributed by atoms with Crippen LogP contribution in [0, 0.1) is 51.8 Å². The fourth-order valence-corrected chi connectivity index (χ4v) is 8.80. The number of aromatic nitrogens is 2. The van der Waals surface area contributed by atoms with Crippen LogP contribution in [0.25, 0.3) is 0 Å². The van der Waals surface area contributed by atoms with Gasteiger partial charge in [0.05, 0.1) is 6.54 Å². The van der Waals surface area contributed by atoms with Crippen LogP contribution in [0.4, 0.5) is 0 Å². The van der Waals surface area contributed by atoms with Gasteiger partial charge in [-0.1, -0.05) is 33.1 Å². The minimum absolute atomic E-state index is 0.152.